The molecule has 0 saturated heterocycles. The molecule has 1 rings (SSSR count). The van der Waals surface area contributed by atoms with Crippen LogP contribution in [0.1, 0.15) is 12.5 Å². The van der Waals surface area contributed by atoms with E-state index in [4.69, 9.17) is 5.73 Å². The third kappa shape index (κ3) is 3.50. The molecule has 0 aliphatic carbocycles. The Hall–Kier alpha value is -1.07. The van der Waals surface area contributed by atoms with E-state index in [1.54, 1.807) is 12.1 Å². The number of nitrogen functional groups attached to an aromatic ring is 1. The topological polar surface area (TPSA) is 72.2 Å². The largest absolute Gasteiger partial charge is 0.398 e. The molecule has 90 valence electrons. The van der Waals surface area contributed by atoms with Crippen LogP contribution in [0.15, 0.2) is 23.1 Å². The van der Waals surface area contributed by atoms with Gasteiger partial charge in [0.15, 0.2) is 9.84 Å². The zero-order chi connectivity index (χ0) is 12.2. The van der Waals surface area contributed by atoms with Crippen LogP contribution >= 0.6 is 0 Å². The van der Waals surface area contributed by atoms with Crippen LogP contribution in [0.2, 0.25) is 0 Å². The van der Waals surface area contributed by atoms with Gasteiger partial charge in [-0.3, -0.25) is 0 Å². The summed E-state index contributed by atoms with van der Waals surface area (Å²) < 4.78 is 22.9. The van der Waals surface area contributed by atoms with Gasteiger partial charge in [-0.25, -0.2) is 8.42 Å². The Kier molecular flexibility index (Phi) is 4.32. The first-order valence-corrected chi connectivity index (χ1v) is 7.13. The molecule has 0 spiro atoms. The van der Waals surface area contributed by atoms with E-state index < -0.39 is 9.84 Å². The molecule has 0 bridgehead atoms. The van der Waals surface area contributed by atoms with E-state index in [9.17, 15) is 8.42 Å². The van der Waals surface area contributed by atoms with Crippen LogP contribution in [-0.4, -0.2) is 27.8 Å². The lowest BCUT2D eigenvalue weighted by Crippen LogP contribution is -2.16. The van der Waals surface area contributed by atoms with Gasteiger partial charge in [-0.2, -0.15) is 0 Å². The summed E-state index contributed by atoms with van der Waals surface area (Å²) in [5, 5.41) is 3.19. The molecule has 0 aliphatic heterocycles. The SMILES string of the molecule is CCNCCc1ccc(N)c(S(C)(=O)=O)c1. The highest BCUT2D eigenvalue weighted by atomic mass is 32.2. The number of benzene rings is 1. The van der Waals surface area contributed by atoms with Crippen LogP contribution in [0, 0.1) is 0 Å². The van der Waals surface area contributed by atoms with Gasteiger partial charge in [0, 0.05) is 6.26 Å². The minimum absolute atomic E-state index is 0.224. The lowest BCUT2D eigenvalue weighted by atomic mass is 10.1. The average molecular weight is 242 g/mol. The number of anilines is 1. The fourth-order valence-electron chi connectivity index (χ4n) is 1.46. The summed E-state index contributed by atoms with van der Waals surface area (Å²) in [7, 11) is -3.23. The molecule has 0 atom stereocenters. The van der Waals surface area contributed by atoms with E-state index in [1.165, 1.54) is 6.26 Å². The summed E-state index contributed by atoms with van der Waals surface area (Å²) in [5.74, 6) is 0. The molecule has 0 fully saturated rings. The number of rotatable bonds is 5. The predicted octanol–water partition coefficient (Wildman–Crippen LogP) is 0.824. The third-order valence-electron chi connectivity index (χ3n) is 2.32. The molecule has 0 amide bonds. The van der Waals surface area contributed by atoms with Gasteiger partial charge in [-0.15, -0.1) is 0 Å². The second kappa shape index (κ2) is 5.32. The first kappa shape index (κ1) is 13.0. The zero-order valence-electron chi connectivity index (χ0n) is 9.66. The molecular weight excluding hydrogens is 224 g/mol. The molecule has 1 aromatic rings. The summed E-state index contributed by atoms with van der Waals surface area (Å²) in [4.78, 5) is 0.224. The molecule has 5 heteroatoms. The lowest BCUT2D eigenvalue weighted by molar-refractivity contribution is 0.602. The van der Waals surface area contributed by atoms with Crippen molar-refractivity contribution in [3.05, 3.63) is 23.8 Å². The molecule has 4 nitrogen and oxygen atoms in total. The maximum atomic E-state index is 11.4. The van der Waals surface area contributed by atoms with Crippen molar-refractivity contribution in [2.45, 2.75) is 18.2 Å². The van der Waals surface area contributed by atoms with Gasteiger partial charge >= 0.3 is 0 Å². The Morgan fingerprint density at radius 1 is 1.38 bits per heavy atom. The van der Waals surface area contributed by atoms with Gasteiger partial charge in [-0.1, -0.05) is 13.0 Å². The van der Waals surface area contributed by atoms with Crippen LogP contribution in [0.5, 0.6) is 0 Å². The van der Waals surface area contributed by atoms with Crippen molar-refractivity contribution < 1.29 is 8.42 Å². The summed E-state index contributed by atoms with van der Waals surface area (Å²) >= 11 is 0. The standard InChI is InChI=1S/C11H18N2O2S/c1-3-13-7-6-9-4-5-10(12)11(8-9)16(2,14)15/h4-5,8,13H,3,6-7,12H2,1-2H3. The fraction of sp³-hybridized carbons (Fsp3) is 0.455. The average Bonchev–Trinajstić information content (AvgIpc) is 2.19. The van der Waals surface area contributed by atoms with Crippen LogP contribution < -0.4 is 11.1 Å². The van der Waals surface area contributed by atoms with E-state index in [-0.39, 0.29) is 4.90 Å². The van der Waals surface area contributed by atoms with Crippen LogP contribution in [0.25, 0.3) is 0 Å². The highest BCUT2D eigenvalue weighted by Crippen LogP contribution is 2.19. The van der Waals surface area contributed by atoms with Gasteiger partial charge in [0.05, 0.1) is 10.6 Å². The highest BCUT2D eigenvalue weighted by molar-refractivity contribution is 7.90. The monoisotopic (exact) mass is 242 g/mol. The molecule has 16 heavy (non-hydrogen) atoms. The van der Waals surface area contributed by atoms with Crippen LogP contribution in [-0.2, 0) is 16.3 Å². The van der Waals surface area contributed by atoms with E-state index in [0.29, 0.717) is 5.69 Å². The summed E-state index contributed by atoms with van der Waals surface area (Å²) in [6.45, 7) is 3.78. The second-order valence-electron chi connectivity index (χ2n) is 3.75. The molecule has 0 saturated carbocycles. The number of likely N-dealkylation sites (N-methyl/N-ethyl adjacent to an activating group) is 1. The minimum atomic E-state index is -3.23. The number of nitrogens with two attached hydrogens (primary N) is 1. The molecule has 0 radical (unpaired) electrons. The van der Waals surface area contributed by atoms with Crippen molar-refractivity contribution in [1.29, 1.82) is 0 Å². The van der Waals surface area contributed by atoms with Crippen LogP contribution in [0.4, 0.5) is 5.69 Å². The maximum Gasteiger partial charge on any atom is 0.177 e. The van der Waals surface area contributed by atoms with Gasteiger partial charge < -0.3 is 11.1 Å². The van der Waals surface area contributed by atoms with Crippen molar-refractivity contribution in [2.75, 3.05) is 25.1 Å². The maximum absolute atomic E-state index is 11.4. The van der Waals surface area contributed by atoms with Crippen molar-refractivity contribution in [3.63, 3.8) is 0 Å². The lowest BCUT2D eigenvalue weighted by Gasteiger charge is -2.07. The fourth-order valence-corrected chi connectivity index (χ4v) is 2.33. The van der Waals surface area contributed by atoms with Gasteiger partial charge in [-0.05, 0) is 37.2 Å². The molecule has 1 aromatic carbocycles. The number of sulfone groups is 1. The van der Waals surface area contributed by atoms with Crippen molar-refractivity contribution in [2.24, 2.45) is 0 Å². The smallest absolute Gasteiger partial charge is 0.177 e. The molecule has 0 heterocycles. The van der Waals surface area contributed by atoms with E-state index in [0.717, 1.165) is 25.1 Å². The van der Waals surface area contributed by atoms with Crippen LogP contribution in [0.3, 0.4) is 0 Å². The summed E-state index contributed by atoms with van der Waals surface area (Å²) in [6.07, 6.45) is 1.98. The zero-order valence-corrected chi connectivity index (χ0v) is 10.5. The molecule has 3 N–H and O–H groups in total. The summed E-state index contributed by atoms with van der Waals surface area (Å²) in [5.41, 5.74) is 6.93. The van der Waals surface area contributed by atoms with Gasteiger partial charge in [0.2, 0.25) is 0 Å². The Bertz CT molecular complexity index is 455. The van der Waals surface area contributed by atoms with Gasteiger partial charge in [0.25, 0.3) is 0 Å². The summed E-state index contributed by atoms with van der Waals surface area (Å²) in [6, 6.07) is 5.17. The molecular formula is C11H18N2O2S. The third-order valence-corrected chi connectivity index (χ3v) is 3.47. The molecule has 0 aromatic heterocycles. The Balaban J connectivity index is 2.91. The first-order chi connectivity index (χ1) is 7.45. The number of nitrogens with one attached hydrogen (secondary N) is 1. The van der Waals surface area contributed by atoms with Crippen molar-refractivity contribution >= 4 is 15.5 Å². The van der Waals surface area contributed by atoms with Crippen molar-refractivity contribution in [3.8, 4) is 0 Å². The minimum Gasteiger partial charge on any atom is -0.398 e. The Morgan fingerprint density at radius 3 is 2.62 bits per heavy atom. The molecule has 0 aliphatic rings. The van der Waals surface area contributed by atoms with E-state index in [1.807, 2.05) is 13.0 Å². The quantitative estimate of drug-likeness (QED) is 0.592. The number of hydrogen-bond donors (Lipinski definition) is 2. The predicted molar refractivity (Wildman–Crippen MR) is 66.2 cm³/mol. The second-order valence-corrected chi connectivity index (χ2v) is 5.73. The number of hydrogen-bond acceptors (Lipinski definition) is 4. The Labute approximate surface area is 96.8 Å². The van der Waals surface area contributed by atoms with E-state index >= 15 is 0 Å². The Morgan fingerprint density at radius 2 is 2.06 bits per heavy atom. The normalized spacial score (nSPS) is 11.6. The first-order valence-electron chi connectivity index (χ1n) is 5.24. The highest BCUT2D eigenvalue weighted by Gasteiger charge is 2.11. The molecule has 0 unspecified atom stereocenters. The van der Waals surface area contributed by atoms with E-state index in [2.05, 4.69) is 5.32 Å². The van der Waals surface area contributed by atoms with Gasteiger partial charge in [0.1, 0.15) is 0 Å². The van der Waals surface area contributed by atoms with Crippen molar-refractivity contribution in [1.82, 2.24) is 5.32 Å².